The van der Waals surface area contributed by atoms with Crippen molar-refractivity contribution in [3.8, 4) is 0 Å². The molecule has 9 nitrogen and oxygen atoms in total. The van der Waals surface area contributed by atoms with Crippen LogP contribution in [-0.4, -0.2) is 73.9 Å². The quantitative estimate of drug-likeness (QED) is 0.707. The number of nitrogens with zero attached hydrogens (tertiary/aromatic N) is 3. The first-order chi connectivity index (χ1) is 12.8. The van der Waals surface area contributed by atoms with Crippen molar-refractivity contribution in [3.05, 3.63) is 30.3 Å². The van der Waals surface area contributed by atoms with Crippen LogP contribution < -0.4 is 10.2 Å². The predicted molar refractivity (Wildman–Crippen MR) is 98.5 cm³/mol. The van der Waals surface area contributed by atoms with Crippen LogP contribution >= 0.6 is 0 Å². The molecule has 0 bridgehead atoms. The second-order valence-electron chi connectivity index (χ2n) is 6.59. The zero-order valence-corrected chi connectivity index (χ0v) is 15.8. The second kappa shape index (κ2) is 7.65. The lowest BCUT2D eigenvalue weighted by Crippen LogP contribution is -2.50. The van der Waals surface area contributed by atoms with Gasteiger partial charge in [0.2, 0.25) is 15.9 Å². The zero-order chi connectivity index (χ0) is 19.6. The minimum absolute atomic E-state index is 0.109. The molecule has 27 heavy (non-hydrogen) atoms. The molecule has 146 valence electrons. The van der Waals surface area contributed by atoms with E-state index in [0.717, 1.165) is 11.2 Å². The van der Waals surface area contributed by atoms with Crippen LogP contribution in [0.15, 0.2) is 30.3 Å². The van der Waals surface area contributed by atoms with Gasteiger partial charge in [0.1, 0.15) is 6.04 Å². The number of nitrogens with one attached hydrogen (secondary N) is 1. The van der Waals surface area contributed by atoms with Crippen LogP contribution in [0.3, 0.4) is 0 Å². The van der Waals surface area contributed by atoms with Gasteiger partial charge in [0.05, 0.1) is 11.9 Å². The SMILES string of the molecule is CS(=O)(=O)N1CCN(C(=O)CCC2NC(=O)N(c3ccccc3)C2=O)CC1. The molecule has 2 saturated heterocycles. The van der Waals surface area contributed by atoms with Crippen LogP contribution in [0.4, 0.5) is 10.5 Å². The molecule has 2 aliphatic rings. The smallest absolute Gasteiger partial charge is 0.329 e. The number of imide groups is 1. The Balaban J connectivity index is 1.53. The van der Waals surface area contributed by atoms with Gasteiger partial charge in [-0.2, -0.15) is 4.31 Å². The van der Waals surface area contributed by atoms with Crippen molar-refractivity contribution in [2.24, 2.45) is 0 Å². The first kappa shape index (κ1) is 19.3. The monoisotopic (exact) mass is 394 g/mol. The molecular weight excluding hydrogens is 372 g/mol. The minimum atomic E-state index is -3.25. The Morgan fingerprint density at radius 3 is 2.33 bits per heavy atom. The minimum Gasteiger partial charge on any atom is -0.340 e. The van der Waals surface area contributed by atoms with Crippen molar-refractivity contribution >= 4 is 33.6 Å². The topological polar surface area (TPSA) is 107 Å². The summed E-state index contributed by atoms with van der Waals surface area (Å²) in [5.41, 5.74) is 0.491. The van der Waals surface area contributed by atoms with E-state index in [1.807, 2.05) is 0 Å². The van der Waals surface area contributed by atoms with E-state index in [1.165, 1.54) is 4.31 Å². The third-order valence-electron chi connectivity index (χ3n) is 4.74. The fourth-order valence-corrected chi connectivity index (χ4v) is 4.07. The summed E-state index contributed by atoms with van der Waals surface area (Å²) >= 11 is 0. The van der Waals surface area contributed by atoms with Crippen molar-refractivity contribution in [1.82, 2.24) is 14.5 Å². The van der Waals surface area contributed by atoms with Crippen LogP contribution in [0.5, 0.6) is 0 Å². The van der Waals surface area contributed by atoms with E-state index >= 15 is 0 Å². The predicted octanol–water partition coefficient (Wildman–Crippen LogP) is -0.00460. The molecule has 2 heterocycles. The first-order valence-corrected chi connectivity index (χ1v) is 10.5. The van der Waals surface area contributed by atoms with Crippen LogP contribution in [0.25, 0.3) is 0 Å². The van der Waals surface area contributed by atoms with Gasteiger partial charge in [-0.25, -0.2) is 18.1 Å². The molecule has 0 saturated carbocycles. The Bertz CT molecular complexity index is 834. The summed E-state index contributed by atoms with van der Waals surface area (Å²) in [4.78, 5) is 39.7. The number of anilines is 1. The van der Waals surface area contributed by atoms with Crippen LogP contribution in [0, 0.1) is 0 Å². The highest BCUT2D eigenvalue weighted by atomic mass is 32.2. The van der Waals surface area contributed by atoms with Crippen molar-refractivity contribution < 1.29 is 22.8 Å². The molecule has 0 spiro atoms. The summed E-state index contributed by atoms with van der Waals surface area (Å²) in [5, 5.41) is 2.62. The molecular formula is C17H22N4O5S. The van der Waals surface area contributed by atoms with E-state index < -0.39 is 22.1 Å². The summed E-state index contributed by atoms with van der Waals surface area (Å²) in [5.74, 6) is -0.524. The average Bonchev–Trinajstić information content (AvgIpc) is 2.93. The normalized spacial score (nSPS) is 21.4. The maximum absolute atomic E-state index is 12.5. The maximum atomic E-state index is 12.5. The standard InChI is InChI=1S/C17H22N4O5S/c1-27(25,26)20-11-9-19(10-12-20)15(22)8-7-14-16(23)21(17(24)18-14)13-5-3-2-4-6-13/h2-6,14H,7-12H2,1H3,(H,18,24). The first-order valence-electron chi connectivity index (χ1n) is 8.70. The fourth-order valence-electron chi connectivity index (χ4n) is 3.24. The maximum Gasteiger partial charge on any atom is 0.329 e. The highest BCUT2D eigenvalue weighted by Crippen LogP contribution is 2.21. The summed E-state index contributed by atoms with van der Waals surface area (Å²) < 4.78 is 24.4. The number of para-hydroxylation sites is 1. The summed E-state index contributed by atoms with van der Waals surface area (Å²) in [6.45, 7) is 1.19. The molecule has 3 rings (SSSR count). The van der Waals surface area contributed by atoms with Crippen molar-refractivity contribution in [1.29, 1.82) is 0 Å². The van der Waals surface area contributed by atoms with Gasteiger partial charge in [-0.3, -0.25) is 9.59 Å². The molecule has 4 amide bonds. The molecule has 1 aromatic carbocycles. The van der Waals surface area contributed by atoms with Gasteiger partial charge in [-0.1, -0.05) is 18.2 Å². The van der Waals surface area contributed by atoms with Gasteiger partial charge in [-0.15, -0.1) is 0 Å². The number of amides is 4. The number of hydrogen-bond acceptors (Lipinski definition) is 5. The summed E-state index contributed by atoms with van der Waals surface area (Å²) in [6, 6.07) is 7.38. The number of piperazine rings is 1. The van der Waals surface area contributed by atoms with Gasteiger partial charge >= 0.3 is 6.03 Å². The van der Waals surface area contributed by atoms with Crippen LogP contribution in [0.2, 0.25) is 0 Å². The Labute approximate surface area is 158 Å². The van der Waals surface area contributed by atoms with E-state index in [2.05, 4.69) is 5.32 Å². The Hall–Kier alpha value is -2.46. The lowest BCUT2D eigenvalue weighted by molar-refractivity contribution is -0.132. The van der Waals surface area contributed by atoms with Gasteiger partial charge in [-0.05, 0) is 18.6 Å². The molecule has 2 fully saturated rings. The Kier molecular flexibility index (Phi) is 5.47. The number of benzene rings is 1. The summed E-state index contributed by atoms with van der Waals surface area (Å²) in [6.07, 6.45) is 1.47. The number of hydrogen-bond donors (Lipinski definition) is 1. The number of sulfonamides is 1. The van der Waals surface area contributed by atoms with Gasteiger partial charge in [0.15, 0.2) is 0 Å². The molecule has 10 heteroatoms. The molecule has 0 aliphatic carbocycles. The van der Waals surface area contributed by atoms with Crippen LogP contribution in [0.1, 0.15) is 12.8 Å². The van der Waals surface area contributed by atoms with Crippen LogP contribution in [-0.2, 0) is 19.6 Å². The van der Waals surface area contributed by atoms with E-state index in [1.54, 1.807) is 35.2 Å². The van der Waals surface area contributed by atoms with Crippen molar-refractivity contribution in [2.75, 3.05) is 37.3 Å². The third-order valence-corrected chi connectivity index (χ3v) is 6.04. The lowest BCUT2D eigenvalue weighted by Gasteiger charge is -2.33. The van der Waals surface area contributed by atoms with Gasteiger partial charge in [0, 0.05) is 32.6 Å². The molecule has 2 aliphatic heterocycles. The van der Waals surface area contributed by atoms with E-state index in [9.17, 15) is 22.8 Å². The average molecular weight is 394 g/mol. The highest BCUT2D eigenvalue weighted by Gasteiger charge is 2.39. The fraction of sp³-hybridized carbons (Fsp3) is 0.471. The number of carbonyl (C=O) groups excluding carboxylic acids is 3. The zero-order valence-electron chi connectivity index (χ0n) is 15.0. The number of urea groups is 1. The van der Waals surface area contributed by atoms with Gasteiger partial charge < -0.3 is 10.2 Å². The molecule has 1 N–H and O–H groups in total. The molecule has 1 aromatic rings. The molecule has 0 radical (unpaired) electrons. The molecule has 1 unspecified atom stereocenters. The number of carbonyl (C=O) groups is 3. The van der Waals surface area contributed by atoms with Crippen molar-refractivity contribution in [2.45, 2.75) is 18.9 Å². The third kappa shape index (κ3) is 4.28. The molecule has 0 aromatic heterocycles. The Morgan fingerprint density at radius 1 is 1.11 bits per heavy atom. The lowest BCUT2D eigenvalue weighted by atomic mass is 10.1. The largest absolute Gasteiger partial charge is 0.340 e. The molecule has 1 atom stereocenters. The van der Waals surface area contributed by atoms with E-state index in [4.69, 9.17) is 0 Å². The summed E-state index contributed by atoms with van der Waals surface area (Å²) in [7, 11) is -3.25. The Morgan fingerprint density at radius 2 is 1.74 bits per heavy atom. The highest BCUT2D eigenvalue weighted by molar-refractivity contribution is 7.88. The van der Waals surface area contributed by atoms with Gasteiger partial charge in [0.25, 0.3) is 5.91 Å². The van der Waals surface area contributed by atoms with Crippen molar-refractivity contribution in [3.63, 3.8) is 0 Å². The van der Waals surface area contributed by atoms with E-state index in [0.29, 0.717) is 18.8 Å². The van der Waals surface area contributed by atoms with E-state index in [-0.39, 0.29) is 37.7 Å². The second-order valence-corrected chi connectivity index (χ2v) is 8.58. The number of rotatable bonds is 5.